The summed E-state index contributed by atoms with van der Waals surface area (Å²) in [4.78, 5) is 11.4. The maximum Gasteiger partial charge on any atom is 0.307 e. The number of aliphatic carboxylic acids is 1. The highest BCUT2D eigenvalue weighted by atomic mass is 19.1. The summed E-state index contributed by atoms with van der Waals surface area (Å²) >= 11 is 0. The van der Waals surface area contributed by atoms with Crippen LogP contribution in [0.4, 0.5) is 4.39 Å². The van der Waals surface area contributed by atoms with Gasteiger partial charge in [-0.05, 0) is 55.4 Å². The van der Waals surface area contributed by atoms with Gasteiger partial charge >= 0.3 is 5.97 Å². The number of benzene rings is 1. The van der Waals surface area contributed by atoms with Gasteiger partial charge in [0, 0.05) is 0 Å². The fraction of sp³-hybridized carbons (Fsp3) is 0.533. The molecule has 1 atom stereocenters. The summed E-state index contributed by atoms with van der Waals surface area (Å²) in [5.74, 6) is -1.02. The van der Waals surface area contributed by atoms with Crippen molar-refractivity contribution in [2.75, 3.05) is 0 Å². The second kappa shape index (κ2) is 5.51. The summed E-state index contributed by atoms with van der Waals surface area (Å²) in [6, 6.07) is 4.61. The van der Waals surface area contributed by atoms with E-state index in [1.54, 1.807) is 6.07 Å². The van der Waals surface area contributed by atoms with E-state index in [1.165, 1.54) is 12.1 Å². The van der Waals surface area contributed by atoms with Gasteiger partial charge in [0.2, 0.25) is 0 Å². The van der Waals surface area contributed by atoms with Gasteiger partial charge in [0.1, 0.15) is 5.82 Å². The third-order valence-corrected chi connectivity index (χ3v) is 4.03. The maximum absolute atomic E-state index is 13.0. The Morgan fingerprint density at radius 3 is 2.67 bits per heavy atom. The number of carboxylic acid groups (broad SMARTS) is 1. The van der Waals surface area contributed by atoms with Gasteiger partial charge in [-0.15, -0.1) is 0 Å². The van der Waals surface area contributed by atoms with Gasteiger partial charge in [-0.25, -0.2) is 4.39 Å². The first-order chi connectivity index (χ1) is 8.58. The molecule has 2 rings (SSSR count). The molecule has 0 heterocycles. The van der Waals surface area contributed by atoms with E-state index in [-0.39, 0.29) is 17.7 Å². The molecule has 0 aromatic heterocycles. The first kappa shape index (κ1) is 13.1. The molecule has 1 aromatic rings. The average Bonchev–Trinajstić information content (AvgIpc) is 2.80. The number of hydrogen-bond donors (Lipinski definition) is 1. The average molecular weight is 250 g/mol. The molecule has 3 heteroatoms. The highest BCUT2D eigenvalue weighted by Crippen LogP contribution is 2.34. The quantitative estimate of drug-likeness (QED) is 0.887. The van der Waals surface area contributed by atoms with Gasteiger partial charge in [0.15, 0.2) is 0 Å². The van der Waals surface area contributed by atoms with Gasteiger partial charge in [0.25, 0.3) is 0 Å². The highest BCUT2D eigenvalue weighted by molar-refractivity contribution is 5.71. The predicted octanol–water partition coefficient (Wildman–Crippen LogP) is 3.57. The molecule has 1 saturated carbocycles. The van der Waals surface area contributed by atoms with Crippen LogP contribution in [-0.2, 0) is 11.2 Å². The first-order valence-electron chi connectivity index (χ1n) is 6.56. The minimum Gasteiger partial charge on any atom is -0.481 e. The Morgan fingerprint density at radius 1 is 1.44 bits per heavy atom. The van der Waals surface area contributed by atoms with Gasteiger partial charge in [0.05, 0.1) is 5.92 Å². The van der Waals surface area contributed by atoms with Crippen LogP contribution in [0.25, 0.3) is 0 Å². The van der Waals surface area contributed by atoms with Crippen LogP contribution >= 0.6 is 0 Å². The number of carboxylic acids is 1. The van der Waals surface area contributed by atoms with Crippen LogP contribution in [0.5, 0.6) is 0 Å². The lowest BCUT2D eigenvalue weighted by Gasteiger charge is -2.20. The lowest BCUT2D eigenvalue weighted by Crippen LogP contribution is -2.24. The van der Waals surface area contributed by atoms with Crippen LogP contribution in [0.1, 0.15) is 36.8 Å². The Kier molecular flexibility index (Phi) is 4.00. The molecule has 1 aliphatic rings. The molecule has 98 valence electrons. The number of hydrogen-bond acceptors (Lipinski definition) is 1. The monoisotopic (exact) mass is 250 g/mol. The predicted molar refractivity (Wildman–Crippen MR) is 67.9 cm³/mol. The van der Waals surface area contributed by atoms with E-state index in [0.29, 0.717) is 6.42 Å². The van der Waals surface area contributed by atoms with Crippen molar-refractivity contribution < 1.29 is 14.3 Å². The lowest BCUT2D eigenvalue weighted by atomic mass is 9.84. The minimum atomic E-state index is -0.717. The first-order valence-corrected chi connectivity index (χ1v) is 6.56. The fourth-order valence-corrected chi connectivity index (χ4v) is 2.94. The molecule has 0 saturated heterocycles. The molecule has 0 aliphatic heterocycles. The summed E-state index contributed by atoms with van der Waals surface area (Å²) in [5, 5.41) is 9.37. The molecule has 0 spiro atoms. The molecular formula is C15H19FO2. The minimum absolute atomic E-state index is 0.260. The van der Waals surface area contributed by atoms with Crippen LogP contribution in [-0.4, -0.2) is 11.1 Å². The van der Waals surface area contributed by atoms with E-state index in [2.05, 4.69) is 0 Å². The molecule has 0 radical (unpaired) electrons. The number of carbonyl (C=O) groups is 1. The summed E-state index contributed by atoms with van der Waals surface area (Å²) < 4.78 is 13.0. The van der Waals surface area contributed by atoms with Gasteiger partial charge in [-0.2, -0.15) is 0 Å². The summed E-state index contributed by atoms with van der Waals surface area (Å²) in [7, 11) is 0. The van der Waals surface area contributed by atoms with E-state index < -0.39 is 5.97 Å². The third kappa shape index (κ3) is 2.89. The van der Waals surface area contributed by atoms with E-state index in [9.17, 15) is 14.3 Å². The zero-order valence-corrected chi connectivity index (χ0v) is 10.7. The molecular weight excluding hydrogens is 231 g/mol. The molecule has 1 aromatic carbocycles. The molecule has 2 nitrogen and oxygen atoms in total. The van der Waals surface area contributed by atoms with Crippen molar-refractivity contribution in [1.29, 1.82) is 0 Å². The molecule has 0 amide bonds. The SMILES string of the molecule is Cc1cc(F)ccc1CC(C(=O)O)C1CCCC1. The molecule has 0 bridgehead atoms. The van der Waals surface area contributed by atoms with Crippen molar-refractivity contribution in [3.8, 4) is 0 Å². The van der Waals surface area contributed by atoms with Crippen molar-refractivity contribution >= 4 is 5.97 Å². The largest absolute Gasteiger partial charge is 0.481 e. The van der Waals surface area contributed by atoms with Crippen molar-refractivity contribution in [1.82, 2.24) is 0 Å². The highest BCUT2D eigenvalue weighted by Gasteiger charge is 2.30. The smallest absolute Gasteiger partial charge is 0.307 e. The van der Waals surface area contributed by atoms with Crippen molar-refractivity contribution in [3.05, 3.63) is 35.1 Å². The Bertz CT molecular complexity index is 436. The molecule has 1 unspecified atom stereocenters. The summed E-state index contributed by atoms with van der Waals surface area (Å²) in [6.07, 6.45) is 4.81. The van der Waals surface area contributed by atoms with Crippen molar-refractivity contribution in [3.63, 3.8) is 0 Å². The van der Waals surface area contributed by atoms with Crippen molar-refractivity contribution in [2.24, 2.45) is 11.8 Å². The van der Waals surface area contributed by atoms with Gasteiger partial charge < -0.3 is 5.11 Å². The summed E-state index contributed by atoms with van der Waals surface area (Å²) in [5.41, 5.74) is 1.80. The third-order valence-electron chi connectivity index (χ3n) is 4.03. The Balaban J connectivity index is 2.15. The van der Waals surface area contributed by atoms with E-state index in [1.807, 2.05) is 6.92 Å². The van der Waals surface area contributed by atoms with E-state index in [4.69, 9.17) is 0 Å². The number of aryl methyl sites for hydroxylation is 1. The standard InChI is InChI=1S/C15H19FO2/c1-10-8-13(16)7-6-12(10)9-14(15(17)18)11-4-2-3-5-11/h6-8,11,14H,2-5,9H2,1H3,(H,17,18). The van der Waals surface area contributed by atoms with E-state index >= 15 is 0 Å². The zero-order chi connectivity index (χ0) is 13.1. The molecule has 1 fully saturated rings. The van der Waals surface area contributed by atoms with Crippen LogP contribution < -0.4 is 0 Å². The Hall–Kier alpha value is -1.38. The maximum atomic E-state index is 13.0. The topological polar surface area (TPSA) is 37.3 Å². The molecule has 18 heavy (non-hydrogen) atoms. The van der Waals surface area contributed by atoms with Crippen LogP contribution in [0.2, 0.25) is 0 Å². The lowest BCUT2D eigenvalue weighted by molar-refractivity contribution is -0.143. The zero-order valence-electron chi connectivity index (χ0n) is 10.7. The van der Waals surface area contributed by atoms with Crippen LogP contribution in [0, 0.1) is 24.6 Å². The molecule has 1 N–H and O–H groups in total. The summed E-state index contributed by atoms with van der Waals surface area (Å²) in [6.45, 7) is 1.84. The second-order valence-corrected chi connectivity index (χ2v) is 5.26. The fourth-order valence-electron chi connectivity index (χ4n) is 2.94. The normalized spacial score (nSPS) is 17.9. The van der Waals surface area contributed by atoms with Crippen molar-refractivity contribution in [2.45, 2.75) is 39.0 Å². The van der Waals surface area contributed by atoms with Crippen LogP contribution in [0.15, 0.2) is 18.2 Å². The Labute approximate surface area is 107 Å². The number of rotatable bonds is 4. The Morgan fingerprint density at radius 2 is 2.11 bits per heavy atom. The van der Waals surface area contributed by atoms with Crippen LogP contribution in [0.3, 0.4) is 0 Å². The van der Waals surface area contributed by atoms with Gasteiger partial charge in [-0.1, -0.05) is 18.9 Å². The van der Waals surface area contributed by atoms with Gasteiger partial charge in [-0.3, -0.25) is 4.79 Å². The second-order valence-electron chi connectivity index (χ2n) is 5.26. The molecule has 1 aliphatic carbocycles. The van der Waals surface area contributed by atoms with E-state index in [0.717, 1.165) is 36.8 Å². The number of halogens is 1.